The van der Waals surface area contributed by atoms with Crippen molar-refractivity contribution in [3.8, 4) is 0 Å². The van der Waals surface area contributed by atoms with Crippen molar-refractivity contribution in [2.45, 2.75) is 0 Å². The Morgan fingerprint density at radius 2 is 1.56 bits per heavy atom. The molecule has 7 nitrogen and oxygen atoms in total. The summed E-state index contributed by atoms with van der Waals surface area (Å²) in [6, 6.07) is 7.52. The van der Waals surface area contributed by atoms with Crippen LogP contribution in [0.3, 0.4) is 0 Å². The molecule has 92 valence electrons. The summed E-state index contributed by atoms with van der Waals surface area (Å²) in [5.41, 5.74) is 17.7. The number of azo groups is 1. The molecule has 0 unspecified atom stereocenters. The van der Waals surface area contributed by atoms with Gasteiger partial charge in [0.05, 0.1) is 5.69 Å². The Hall–Kier alpha value is -1.97. The van der Waals surface area contributed by atoms with Gasteiger partial charge in [0.25, 0.3) is 0 Å². The number of hydrogen-bond acceptors (Lipinski definition) is 7. The van der Waals surface area contributed by atoms with Crippen molar-refractivity contribution in [1.82, 2.24) is 9.97 Å². The highest BCUT2D eigenvalue weighted by molar-refractivity contribution is 14.1. The molecule has 0 aliphatic carbocycles. The lowest BCUT2D eigenvalue weighted by Gasteiger charge is -2.02. The van der Waals surface area contributed by atoms with Crippen LogP contribution in [0.15, 0.2) is 34.5 Å². The Morgan fingerprint density at radius 3 is 2.17 bits per heavy atom. The molecule has 6 N–H and O–H groups in total. The molecule has 2 aromatic rings. The Morgan fingerprint density at radius 1 is 0.944 bits per heavy atom. The normalized spacial score (nSPS) is 10.9. The standard InChI is InChI=1S/C10H10IN7/c11-5-3-1-2-4-6(5)17-18-7-8(12)15-10(14)16-9(7)13/h1-4H,(H6,12,13,14,15,16). The molecule has 0 fully saturated rings. The Bertz CT molecular complexity index is 588. The highest BCUT2D eigenvalue weighted by Crippen LogP contribution is 2.29. The molecule has 1 heterocycles. The zero-order valence-electron chi connectivity index (χ0n) is 9.21. The highest BCUT2D eigenvalue weighted by atomic mass is 127. The van der Waals surface area contributed by atoms with Gasteiger partial charge in [0, 0.05) is 3.57 Å². The summed E-state index contributed by atoms with van der Waals surface area (Å²) in [7, 11) is 0. The fraction of sp³-hybridized carbons (Fsp3) is 0. The molecule has 0 atom stereocenters. The van der Waals surface area contributed by atoms with Gasteiger partial charge in [0.2, 0.25) is 5.95 Å². The van der Waals surface area contributed by atoms with Crippen LogP contribution in [0.5, 0.6) is 0 Å². The quantitative estimate of drug-likeness (QED) is 0.562. The molecule has 0 spiro atoms. The molecule has 8 heteroatoms. The minimum Gasteiger partial charge on any atom is -0.382 e. The summed E-state index contributed by atoms with van der Waals surface area (Å²) < 4.78 is 0.965. The predicted molar refractivity (Wildman–Crippen MR) is 78.6 cm³/mol. The van der Waals surface area contributed by atoms with Gasteiger partial charge >= 0.3 is 0 Å². The number of halogens is 1. The minimum absolute atomic E-state index is 0.0123. The van der Waals surface area contributed by atoms with E-state index in [-0.39, 0.29) is 23.3 Å². The van der Waals surface area contributed by atoms with Crippen molar-refractivity contribution in [3.05, 3.63) is 27.8 Å². The molecule has 0 amide bonds. The van der Waals surface area contributed by atoms with Crippen LogP contribution in [0, 0.1) is 3.57 Å². The molecule has 0 saturated carbocycles. The van der Waals surface area contributed by atoms with E-state index in [1.807, 2.05) is 24.3 Å². The first-order valence-electron chi connectivity index (χ1n) is 4.92. The summed E-state index contributed by atoms with van der Waals surface area (Å²) in [6.07, 6.45) is 0. The smallest absolute Gasteiger partial charge is 0.224 e. The van der Waals surface area contributed by atoms with Crippen molar-refractivity contribution in [1.29, 1.82) is 0 Å². The summed E-state index contributed by atoms with van der Waals surface area (Å²) in [4.78, 5) is 7.56. The molecule has 1 aromatic heterocycles. The van der Waals surface area contributed by atoms with E-state index >= 15 is 0 Å². The average Bonchev–Trinajstić information content (AvgIpc) is 2.30. The van der Waals surface area contributed by atoms with Crippen molar-refractivity contribution in [2.24, 2.45) is 10.2 Å². The van der Waals surface area contributed by atoms with Gasteiger partial charge in [-0.1, -0.05) is 12.1 Å². The average molecular weight is 355 g/mol. The largest absolute Gasteiger partial charge is 0.382 e. The van der Waals surface area contributed by atoms with E-state index in [2.05, 4.69) is 42.8 Å². The second-order valence-electron chi connectivity index (χ2n) is 3.35. The molecule has 0 saturated heterocycles. The van der Waals surface area contributed by atoms with Crippen molar-refractivity contribution in [2.75, 3.05) is 17.2 Å². The van der Waals surface area contributed by atoms with E-state index in [0.29, 0.717) is 5.69 Å². The maximum absolute atomic E-state index is 5.66. The van der Waals surface area contributed by atoms with E-state index in [4.69, 9.17) is 17.2 Å². The zero-order chi connectivity index (χ0) is 13.1. The third-order valence-corrected chi connectivity index (χ3v) is 2.98. The summed E-state index contributed by atoms with van der Waals surface area (Å²) in [6.45, 7) is 0. The van der Waals surface area contributed by atoms with Gasteiger partial charge in [-0.25, -0.2) is 0 Å². The lowest BCUT2D eigenvalue weighted by Crippen LogP contribution is -2.03. The molecule has 1 aromatic carbocycles. The first kappa shape index (κ1) is 12.5. The Labute approximate surface area is 117 Å². The maximum atomic E-state index is 5.66. The van der Waals surface area contributed by atoms with Crippen LogP contribution in [-0.2, 0) is 0 Å². The number of nitrogens with two attached hydrogens (primary N) is 3. The molecular weight excluding hydrogens is 345 g/mol. The Balaban J connectivity index is 2.38. The number of anilines is 3. The number of aromatic nitrogens is 2. The summed E-state index contributed by atoms with van der Waals surface area (Å²) >= 11 is 2.16. The van der Waals surface area contributed by atoms with Gasteiger partial charge in [-0.2, -0.15) is 9.97 Å². The molecule has 0 aliphatic rings. The fourth-order valence-corrected chi connectivity index (χ4v) is 1.74. The van der Waals surface area contributed by atoms with Crippen LogP contribution >= 0.6 is 22.6 Å². The molecule has 0 radical (unpaired) electrons. The van der Waals surface area contributed by atoms with Crippen LogP contribution in [0.4, 0.5) is 29.0 Å². The third kappa shape index (κ3) is 2.64. The van der Waals surface area contributed by atoms with E-state index < -0.39 is 0 Å². The van der Waals surface area contributed by atoms with Gasteiger partial charge in [0.15, 0.2) is 17.3 Å². The zero-order valence-corrected chi connectivity index (χ0v) is 11.4. The third-order valence-electron chi connectivity index (χ3n) is 2.07. The van der Waals surface area contributed by atoms with Crippen molar-refractivity contribution < 1.29 is 0 Å². The van der Waals surface area contributed by atoms with Crippen LogP contribution in [-0.4, -0.2) is 9.97 Å². The van der Waals surface area contributed by atoms with Gasteiger partial charge in [0.1, 0.15) is 0 Å². The Kier molecular flexibility index (Phi) is 3.55. The summed E-state index contributed by atoms with van der Waals surface area (Å²) in [5.74, 6) is 0.225. The number of benzene rings is 1. The lowest BCUT2D eigenvalue weighted by molar-refractivity contribution is 1.15. The van der Waals surface area contributed by atoms with Gasteiger partial charge in [-0.15, -0.1) is 10.2 Å². The monoisotopic (exact) mass is 355 g/mol. The first-order valence-corrected chi connectivity index (χ1v) is 6.00. The number of nitrogens with zero attached hydrogens (tertiary/aromatic N) is 4. The van der Waals surface area contributed by atoms with Gasteiger partial charge in [-0.05, 0) is 34.7 Å². The molecule has 0 aliphatic heterocycles. The van der Waals surface area contributed by atoms with Crippen LogP contribution in [0.2, 0.25) is 0 Å². The van der Waals surface area contributed by atoms with Gasteiger partial charge < -0.3 is 17.2 Å². The SMILES string of the molecule is Nc1nc(N)c(N=Nc2ccccc2I)c(N)n1. The predicted octanol–water partition coefficient (Wildman–Crippen LogP) is 2.24. The molecule has 18 heavy (non-hydrogen) atoms. The van der Waals surface area contributed by atoms with E-state index in [1.165, 1.54) is 0 Å². The van der Waals surface area contributed by atoms with Crippen LogP contribution in [0.1, 0.15) is 0 Å². The minimum atomic E-state index is 0.0123. The van der Waals surface area contributed by atoms with Crippen molar-refractivity contribution >= 4 is 51.5 Å². The molecule has 0 bridgehead atoms. The van der Waals surface area contributed by atoms with Crippen LogP contribution < -0.4 is 17.2 Å². The van der Waals surface area contributed by atoms with Crippen molar-refractivity contribution in [3.63, 3.8) is 0 Å². The van der Waals surface area contributed by atoms with E-state index in [1.54, 1.807) is 0 Å². The molecule has 2 rings (SSSR count). The van der Waals surface area contributed by atoms with Crippen LogP contribution in [0.25, 0.3) is 0 Å². The highest BCUT2D eigenvalue weighted by Gasteiger charge is 2.08. The van der Waals surface area contributed by atoms with Gasteiger partial charge in [-0.3, -0.25) is 0 Å². The first-order chi connectivity index (χ1) is 8.58. The fourth-order valence-electron chi connectivity index (χ4n) is 1.25. The second-order valence-corrected chi connectivity index (χ2v) is 4.51. The lowest BCUT2D eigenvalue weighted by atomic mass is 10.3. The number of hydrogen-bond donors (Lipinski definition) is 3. The second kappa shape index (κ2) is 5.12. The number of rotatable bonds is 2. The van der Waals surface area contributed by atoms with E-state index in [0.717, 1.165) is 3.57 Å². The summed E-state index contributed by atoms with van der Waals surface area (Å²) in [5, 5.41) is 8.03. The maximum Gasteiger partial charge on any atom is 0.224 e. The van der Waals surface area contributed by atoms with E-state index in [9.17, 15) is 0 Å². The number of nitrogen functional groups attached to an aromatic ring is 3. The topological polar surface area (TPSA) is 129 Å². The molecular formula is C10H10IN7.